The number of imide groups is 1. The number of thiazole rings is 1. The van der Waals surface area contributed by atoms with Crippen molar-refractivity contribution in [2.45, 2.75) is 35.8 Å². The molecule has 13 heteroatoms. The van der Waals surface area contributed by atoms with Gasteiger partial charge in [0.05, 0.1) is 27.9 Å². The number of benzene rings is 2. The highest BCUT2D eigenvalue weighted by Gasteiger charge is 2.57. The molecule has 41 heavy (non-hydrogen) atoms. The number of para-hydroxylation sites is 1. The average Bonchev–Trinajstić information content (AvgIpc) is 3.62. The normalized spacial score (nSPS) is 20.2. The van der Waals surface area contributed by atoms with Crippen molar-refractivity contribution in [3.8, 4) is 0 Å². The molecule has 7 nitrogen and oxygen atoms in total. The minimum atomic E-state index is -4.68. The fourth-order valence-electron chi connectivity index (χ4n) is 5.15. The molecule has 4 aromatic rings. The van der Waals surface area contributed by atoms with E-state index in [1.165, 1.54) is 32.9 Å². The van der Waals surface area contributed by atoms with E-state index in [1.807, 2.05) is 36.6 Å². The molecule has 0 radical (unpaired) electrons. The van der Waals surface area contributed by atoms with Crippen molar-refractivity contribution in [2.24, 2.45) is 5.92 Å². The van der Waals surface area contributed by atoms with Crippen LogP contribution in [0.5, 0.6) is 0 Å². The molecular formula is C28H20F3N3O4S3. The Labute approximate surface area is 243 Å². The van der Waals surface area contributed by atoms with Gasteiger partial charge in [0, 0.05) is 15.7 Å². The van der Waals surface area contributed by atoms with Crippen LogP contribution in [0.3, 0.4) is 0 Å². The third kappa shape index (κ3) is 4.81. The SMILES string of the molecule is Cc1ccc(N2C(=O)C3Sc4c(sc(=O)n4CC(=O)Nc4ccccc4C(F)(F)F)[C@H](c4cccs4)C3C2=O)cc1. The van der Waals surface area contributed by atoms with Gasteiger partial charge in [-0.25, -0.2) is 4.90 Å². The summed E-state index contributed by atoms with van der Waals surface area (Å²) >= 11 is 3.33. The number of fused-ring (bicyclic) bond motifs is 2. The van der Waals surface area contributed by atoms with Crippen molar-refractivity contribution in [1.29, 1.82) is 0 Å². The summed E-state index contributed by atoms with van der Waals surface area (Å²) in [5.74, 6) is -2.96. The number of aromatic nitrogens is 1. The second-order valence-corrected chi connectivity index (χ2v) is 12.7. The molecule has 3 amide bonds. The maximum absolute atomic E-state index is 13.8. The number of thiophene rings is 1. The number of aryl methyl sites for hydroxylation is 1. The number of carbonyl (C=O) groups excluding carboxylic acids is 3. The molecule has 0 spiro atoms. The largest absolute Gasteiger partial charge is 0.418 e. The molecule has 1 N–H and O–H groups in total. The first-order chi connectivity index (χ1) is 19.5. The van der Waals surface area contributed by atoms with Gasteiger partial charge < -0.3 is 5.32 Å². The van der Waals surface area contributed by atoms with Crippen LogP contribution in [0.15, 0.2) is 75.9 Å². The maximum atomic E-state index is 13.8. The Kier molecular flexibility index (Phi) is 6.91. The van der Waals surface area contributed by atoms with Crippen LogP contribution < -0.4 is 15.1 Å². The molecule has 2 aliphatic rings. The van der Waals surface area contributed by atoms with Crippen molar-refractivity contribution in [3.05, 3.63) is 96.6 Å². The summed E-state index contributed by atoms with van der Waals surface area (Å²) in [7, 11) is 0. The van der Waals surface area contributed by atoms with E-state index in [0.717, 1.165) is 45.7 Å². The molecule has 0 bridgehead atoms. The minimum Gasteiger partial charge on any atom is -0.324 e. The molecular weight excluding hydrogens is 596 g/mol. The van der Waals surface area contributed by atoms with Crippen molar-refractivity contribution in [3.63, 3.8) is 0 Å². The van der Waals surface area contributed by atoms with Gasteiger partial charge in [0.1, 0.15) is 11.8 Å². The third-order valence-corrected chi connectivity index (χ3v) is 10.6. The van der Waals surface area contributed by atoms with E-state index in [0.29, 0.717) is 15.6 Å². The minimum absolute atomic E-state index is 0.366. The summed E-state index contributed by atoms with van der Waals surface area (Å²) in [6.07, 6.45) is -4.68. The lowest BCUT2D eigenvalue weighted by atomic mass is 9.87. The van der Waals surface area contributed by atoms with E-state index >= 15 is 0 Å². The first kappa shape index (κ1) is 27.5. The Morgan fingerprint density at radius 3 is 2.39 bits per heavy atom. The van der Waals surface area contributed by atoms with Gasteiger partial charge >= 0.3 is 11.0 Å². The van der Waals surface area contributed by atoms with Crippen molar-refractivity contribution in [2.75, 3.05) is 10.2 Å². The first-order valence-corrected chi connectivity index (χ1v) is 15.0. The highest BCUT2D eigenvalue weighted by Crippen LogP contribution is 2.54. The van der Waals surface area contributed by atoms with E-state index in [1.54, 1.807) is 12.1 Å². The predicted molar refractivity (Wildman–Crippen MR) is 152 cm³/mol. The van der Waals surface area contributed by atoms with Gasteiger partial charge in [-0.05, 0) is 42.6 Å². The monoisotopic (exact) mass is 615 g/mol. The molecule has 0 saturated carbocycles. The predicted octanol–water partition coefficient (Wildman–Crippen LogP) is 5.73. The number of amides is 3. The number of anilines is 2. The number of alkyl halides is 3. The lowest BCUT2D eigenvalue weighted by molar-refractivity contribution is -0.137. The highest BCUT2D eigenvalue weighted by molar-refractivity contribution is 8.00. The molecule has 1 saturated heterocycles. The Morgan fingerprint density at radius 2 is 1.71 bits per heavy atom. The second-order valence-electron chi connectivity index (χ2n) is 9.62. The standard InChI is InChI=1S/C28H20F3N3O4S3/c1-14-8-10-15(11-9-14)34-24(36)21-20(18-7-4-12-39-18)23-26(40-22(21)25(34)37)33(27(38)41-23)13-19(35)32-17-6-3-2-5-16(17)28(29,30)31/h2-12,20-22H,13H2,1H3,(H,32,35)/t20-,21?,22?/m1/s1. The molecule has 2 aromatic carbocycles. The third-order valence-electron chi connectivity index (χ3n) is 7.00. The van der Waals surface area contributed by atoms with Gasteiger partial charge in [0.2, 0.25) is 17.7 Å². The first-order valence-electron chi connectivity index (χ1n) is 12.4. The number of nitrogens with one attached hydrogen (secondary N) is 1. The lowest BCUT2D eigenvalue weighted by Crippen LogP contribution is -2.32. The van der Waals surface area contributed by atoms with Crippen LogP contribution in [0.1, 0.15) is 26.8 Å². The zero-order chi connectivity index (χ0) is 29.1. The Balaban J connectivity index is 1.37. The number of rotatable bonds is 5. The van der Waals surface area contributed by atoms with E-state index in [-0.39, 0.29) is 5.91 Å². The van der Waals surface area contributed by atoms with Crippen LogP contribution in [-0.4, -0.2) is 27.5 Å². The van der Waals surface area contributed by atoms with E-state index in [4.69, 9.17) is 0 Å². The summed E-state index contributed by atoms with van der Waals surface area (Å²) in [5, 5.41) is 3.63. The Morgan fingerprint density at radius 1 is 0.976 bits per heavy atom. The molecule has 1 fully saturated rings. The summed E-state index contributed by atoms with van der Waals surface area (Å²) in [6.45, 7) is 1.34. The fraction of sp³-hybridized carbons (Fsp3) is 0.214. The van der Waals surface area contributed by atoms with E-state index in [2.05, 4.69) is 5.32 Å². The van der Waals surface area contributed by atoms with E-state index in [9.17, 15) is 32.3 Å². The fourth-order valence-corrected chi connectivity index (χ4v) is 8.87. The quantitative estimate of drug-likeness (QED) is 0.290. The van der Waals surface area contributed by atoms with Gasteiger partial charge in [0.15, 0.2) is 0 Å². The van der Waals surface area contributed by atoms with Crippen LogP contribution in [0.2, 0.25) is 0 Å². The number of halogens is 3. The summed E-state index contributed by atoms with van der Waals surface area (Å²) < 4.78 is 41.5. The van der Waals surface area contributed by atoms with Crippen LogP contribution in [0.25, 0.3) is 0 Å². The number of carbonyl (C=O) groups is 3. The molecule has 2 unspecified atom stereocenters. The van der Waals surface area contributed by atoms with Gasteiger partial charge in [-0.2, -0.15) is 13.2 Å². The number of thioether (sulfide) groups is 1. The molecule has 2 aromatic heterocycles. The number of nitrogens with zero attached hydrogens (tertiary/aromatic N) is 2. The summed E-state index contributed by atoms with van der Waals surface area (Å²) in [5.41, 5.74) is -0.00155. The van der Waals surface area contributed by atoms with Crippen molar-refractivity contribution < 1.29 is 27.6 Å². The summed E-state index contributed by atoms with van der Waals surface area (Å²) in [4.78, 5) is 55.6. The average molecular weight is 616 g/mol. The van der Waals surface area contributed by atoms with Crippen LogP contribution >= 0.6 is 34.4 Å². The summed E-state index contributed by atoms with van der Waals surface area (Å²) in [6, 6.07) is 15.3. The zero-order valence-electron chi connectivity index (χ0n) is 21.2. The lowest BCUT2D eigenvalue weighted by Gasteiger charge is -2.29. The topological polar surface area (TPSA) is 88.5 Å². The maximum Gasteiger partial charge on any atom is 0.418 e. The molecule has 4 heterocycles. The van der Waals surface area contributed by atoms with Gasteiger partial charge in [-0.3, -0.25) is 23.7 Å². The van der Waals surface area contributed by atoms with Gasteiger partial charge in [0.25, 0.3) is 0 Å². The van der Waals surface area contributed by atoms with Crippen LogP contribution in [-0.2, 0) is 27.1 Å². The second kappa shape index (κ2) is 10.3. The molecule has 3 atom stereocenters. The molecule has 210 valence electrons. The van der Waals surface area contributed by atoms with E-state index < -0.39 is 57.7 Å². The van der Waals surface area contributed by atoms with Crippen LogP contribution in [0, 0.1) is 12.8 Å². The van der Waals surface area contributed by atoms with Gasteiger partial charge in [-0.15, -0.1) is 11.3 Å². The zero-order valence-corrected chi connectivity index (χ0v) is 23.6. The van der Waals surface area contributed by atoms with Crippen molar-refractivity contribution >= 4 is 63.5 Å². The highest BCUT2D eigenvalue weighted by atomic mass is 32.2. The molecule has 6 rings (SSSR count). The Hall–Kier alpha value is -3.68. The number of hydrogen-bond acceptors (Lipinski definition) is 7. The van der Waals surface area contributed by atoms with Crippen molar-refractivity contribution in [1.82, 2.24) is 4.57 Å². The van der Waals surface area contributed by atoms with Gasteiger partial charge in [-0.1, -0.05) is 59.0 Å². The molecule has 0 aliphatic carbocycles. The Bertz CT molecular complexity index is 1730. The smallest absolute Gasteiger partial charge is 0.324 e. The van der Waals surface area contributed by atoms with Crippen LogP contribution in [0.4, 0.5) is 24.5 Å². The molecule has 2 aliphatic heterocycles. The number of hydrogen-bond donors (Lipinski definition) is 1.